The van der Waals surface area contributed by atoms with Gasteiger partial charge in [-0.25, -0.2) is 4.39 Å². The standard InChI is InChI=1S/C42H34FNO6/c43-34-21-26(13-18-35(34)46)38-29-16-17-30-37(41(50)44(40(30)49)20-19-24-11-14-28(45)15-12-24)32(29)22-33-39(48)31(25-7-3-1-4-8-25)23-36(47)42(33,38)27-9-5-2-6-10-27/h1-16,18,21,23,30,32-33,37-38,45-46H,17,19-20,22H2/t30-,32+,33-,37-,38-,42-/m0/s1. The average Bonchev–Trinajstić information content (AvgIpc) is 3.38. The van der Waals surface area contributed by atoms with Crippen molar-refractivity contribution in [2.45, 2.75) is 30.6 Å². The van der Waals surface area contributed by atoms with Gasteiger partial charge < -0.3 is 10.2 Å². The summed E-state index contributed by atoms with van der Waals surface area (Å²) in [5, 5.41) is 19.9. The molecule has 1 aliphatic heterocycles. The number of phenols is 2. The maximum Gasteiger partial charge on any atom is 0.233 e. The molecule has 0 bridgehead atoms. The van der Waals surface area contributed by atoms with E-state index in [0.29, 0.717) is 23.1 Å². The van der Waals surface area contributed by atoms with Gasteiger partial charge in [0, 0.05) is 24.0 Å². The summed E-state index contributed by atoms with van der Waals surface area (Å²) >= 11 is 0. The maximum atomic E-state index is 15.2. The Morgan fingerprint density at radius 3 is 2.20 bits per heavy atom. The second-order valence-electron chi connectivity index (χ2n) is 13.7. The number of ketones is 2. The van der Waals surface area contributed by atoms with E-state index in [0.717, 1.165) is 11.1 Å². The predicted molar refractivity (Wildman–Crippen MR) is 183 cm³/mol. The molecule has 2 N–H and O–H groups in total. The molecule has 4 aromatic carbocycles. The van der Waals surface area contributed by atoms with E-state index < -0.39 is 46.6 Å². The molecule has 1 saturated carbocycles. The second-order valence-corrected chi connectivity index (χ2v) is 13.7. The van der Waals surface area contributed by atoms with E-state index in [4.69, 9.17) is 0 Å². The summed E-state index contributed by atoms with van der Waals surface area (Å²) in [4.78, 5) is 59.4. The number of fused-ring (bicyclic) bond motifs is 4. The minimum absolute atomic E-state index is 0.125. The molecule has 8 rings (SSSR count). The Balaban J connectivity index is 1.28. The van der Waals surface area contributed by atoms with Crippen LogP contribution in [0.4, 0.5) is 4.39 Å². The van der Waals surface area contributed by atoms with Crippen LogP contribution in [0.5, 0.6) is 11.5 Å². The molecular formula is C42H34FNO6. The van der Waals surface area contributed by atoms with Crippen molar-refractivity contribution in [3.05, 3.63) is 149 Å². The Morgan fingerprint density at radius 2 is 1.50 bits per heavy atom. The van der Waals surface area contributed by atoms with Crippen LogP contribution in [0.25, 0.3) is 5.57 Å². The van der Waals surface area contributed by atoms with Crippen LogP contribution in [0, 0.1) is 29.5 Å². The summed E-state index contributed by atoms with van der Waals surface area (Å²) in [6.07, 6.45) is 4.18. The largest absolute Gasteiger partial charge is 0.508 e. The third-order valence-corrected chi connectivity index (χ3v) is 11.3. The van der Waals surface area contributed by atoms with Crippen LogP contribution < -0.4 is 0 Å². The molecule has 8 heteroatoms. The lowest BCUT2D eigenvalue weighted by Crippen LogP contribution is -2.58. The second kappa shape index (κ2) is 12.1. The Morgan fingerprint density at radius 1 is 0.800 bits per heavy atom. The van der Waals surface area contributed by atoms with Crippen LogP contribution >= 0.6 is 0 Å². The molecule has 6 atom stereocenters. The molecule has 0 aromatic heterocycles. The summed E-state index contributed by atoms with van der Waals surface area (Å²) in [6.45, 7) is 0.166. The summed E-state index contributed by atoms with van der Waals surface area (Å²) in [7, 11) is 0. The van der Waals surface area contributed by atoms with Gasteiger partial charge in [-0.05, 0) is 77.8 Å². The Labute approximate surface area is 288 Å². The van der Waals surface area contributed by atoms with E-state index in [-0.39, 0.29) is 54.1 Å². The monoisotopic (exact) mass is 667 g/mol. The van der Waals surface area contributed by atoms with Crippen LogP contribution in [0.2, 0.25) is 0 Å². The number of Topliss-reactive ketones (excluding diaryl/α,β-unsaturated/α-hetero) is 1. The molecule has 3 aliphatic carbocycles. The van der Waals surface area contributed by atoms with Crippen LogP contribution in [0.1, 0.15) is 41.0 Å². The molecule has 4 aromatic rings. The molecule has 0 spiro atoms. The number of nitrogens with zero attached hydrogens (tertiary/aromatic N) is 1. The quantitative estimate of drug-likeness (QED) is 0.184. The highest BCUT2D eigenvalue weighted by molar-refractivity contribution is 6.31. The molecular weight excluding hydrogens is 633 g/mol. The molecule has 2 fully saturated rings. The number of rotatable bonds is 6. The number of benzene rings is 4. The normalized spacial score (nSPS) is 27.3. The van der Waals surface area contributed by atoms with E-state index in [1.54, 1.807) is 54.6 Å². The molecule has 1 saturated heterocycles. The Hall–Kier alpha value is -5.63. The minimum atomic E-state index is -1.47. The van der Waals surface area contributed by atoms with Gasteiger partial charge in [0.05, 0.1) is 17.3 Å². The van der Waals surface area contributed by atoms with E-state index in [2.05, 4.69) is 0 Å². The van der Waals surface area contributed by atoms with Crippen LogP contribution in [0.15, 0.2) is 121 Å². The highest BCUT2D eigenvalue weighted by Gasteiger charge is 2.65. The van der Waals surface area contributed by atoms with Gasteiger partial charge in [-0.2, -0.15) is 0 Å². The van der Waals surface area contributed by atoms with Crippen molar-refractivity contribution in [2.24, 2.45) is 23.7 Å². The van der Waals surface area contributed by atoms with Gasteiger partial charge in [0.1, 0.15) is 5.75 Å². The molecule has 1 heterocycles. The van der Waals surface area contributed by atoms with Crippen molar-refractivity contribution >= 4 is 29.0 Å². The number of allylic oxidation sites excluding steroid dienone is 4. The number of carbonyl (C=O) groups is 4. The smallest absolute Gasteiger partial charge is 0.233 e. The van der Waals surface area contributed by atoms with Crippen LogP contribution in [0.3, 0.4) is 0 Å². The summed E-state index contributed by atoms with van der Waals surface area (Å²) in [5.74, 6) is -6.14. The Bertz CT molecular complexity index is 2110. The lowest BCUT2D eigenvalue weighted by molar-refractivity contribution is -0.140. The van der Waals surface area contributed by atoms with Gasteiger partial charge >= 0.3 is 0 Å². The molecule has 4 aliphatic rings. The summed E-state index contributed by atoms with van der Waals surface area (Å²) in [5.41, 5.74) is 2.03. The number of halogens is 1. The fourth-order valence-electron chi connectivity index (χ4n) is 9.14. The van der Waals surface area contributed by atoms with Crippen molar-refractivity contribution in [1.29, 1.82) is 0 Å². The molecule has 0 radical (unpaired) electrons. The highest BCUT2D eigenvalue weighted by Crippen LogP contribution is 2.63. The molecule has 250 valence electrons. The molecule has 7 nitrogen and oxygen atoms in total. The zero-order valence-electron chi connectivity index (χ0n) is 27.0. The SMILES string of the molecule is O=C1C(c2ccccc2)=CC(=O)[C@@]2(c3ccccc3)[C@@H](c3ccc(O)c(F)c3)C3=CC[C@@H]4C(=O)N(CCc5ccc(O)cc5)C(=O)[C@@H]4[C@@H]3C[C@@H]12. The number of hydrogen-bond donors (Lipinski definition) is 2. The third-order valence-electron chi connectivity index (χ3n) is 11.3. The van der Waals surface area contributed by atoms with Crippen LogP contribution in [-0.2, 0) is 31.0 Å². The van der Waals surface area contributed by atoms with Crippen molar-refractivity contribution in [1.82, 2.24) is 4.90 Å². The fraction of sp³-hybridized carbons (Fsp3) is 0.238. The number of hydrogen-bond acceptors (Lipinski definition) is 6. The van der Waals surface area contributed by atoms with E-state index in [1.807, 2.05) is 42.5 Å². The van der Waals surface area contributed by atoms with Crippen molar-refractivity contribution < 1.29 is 33.8 Å². The molecule has 0 unspecified atom stereocenters. The summed E-state index contributed by atoms with van der Waals surface area (Å²) in [6, 6.07) is 28.8. The van der Waals surface area contributed by atoms with Crippen molar-refractivity contribution in [3.8, 4) is 11.5 Å². The third kappa shape index (κ3) is 4.76. The number of imide groups is 1. The van der Waals surface area contributed by atoms with Gasteiger partial charge in [-0.1, -0.05) is 90.5 Å². The lowest BCUT2D eigenvalue weighted by Gasteiger charge is -2.55. The van der Waals surface area contributed by atoms with E-state index in [1.165, 1.54) is 23.1 Å². The first-order valence-electron chi connectivity index (χ1n) is 16.9. The van der Waals surface area contributed by atoms with Crippen LogP contribution in [-0.4, -0.2) is 45.0 Å². The first-order valence-corrected chi connectivity index (χ1v) is 16.9. The lowest BCUT2D eigenvalue weighted by atomic mass is 9.44. The summed E-state index contributed by atoms with van der Waals surface area (Å²) < 4.78 is 15.2. The number of amides is 2. The topological polar surface area (TPSA) is 112 Å². The zero-order valence-corrected chi connectivity index (χ0v) is 27.0. The molecule has 2 amide bonds. The average molecular weight is 668 g/mol. The fourth-order valence-corrected chi connectivity index (χ4v) is 9.14. The minimum Gasteiger partial charge on any atom is -0.508 e. The first-order chi connectivity index (χ1) is 24.2. The number of aromatic hydroxyl groups is 2. The number of likely N-dealkylation sites (tertiary alicyclic amines) is 1. The zero-order chi connectivity index (χ0) is 34.7. The number of phenolic OH excluding ortho intramolecular Hbond substituents is 2. The van der Waals surface area contributed by atoms with E-state index in [9.17, 15) is 29.4 Å². The predicted octanol–water partition coefficient (Wildman–Crippen LogP) is 6.30. The van der Waals surface area contributed by atoms with Crippen molar-refractivity contribution in [3.63, 3.8) is 0 Å². The van der Waals surface area contributed by atoms with Gasteiger partial charge in [-0.3, -0.25) is 24.1 Å². The first kappa shape index (κ1) is 31.6. The van der Waals surface area contributed by atoms with E-state index >= 15 is 4.39 Å². The van der Waals surface area contributed by atoms with Gasteiger partial charge in [0.15, 0.2) is 23.1 Å². The van der Waals surface area contributed by atoms with Gasteiger partial charge in [0.25, 0.3) is 0 Å². The van der Waals surface area contributed by atoms with Crippen molar-refractivity contribution in [2.75, 3.05) is 6.54 Å². The van der Waals surface area contributed by atoms with Gasteiger partial charge in [0.2, 0.25) is 11.8 Å². The Kier molecular flexibility index (Phi) is 7.62. The maximum absolute atomic E-state index is 15.2. The molecule has 50 heavy (non-hydrogen) atoms. The number of carbonyl (C=O) groups excluding carboxylic acids is 4. The van der Waals surface area contributed by atoms with Gasteiger partial charge in [-0.15, -0.1) is 0 Å². The highest BCUT2D eigenvalue weighted by atomic mass is 19.1.